The summed E-state index contributed by atoms with van der Waals surface area (Å²) in [6, 6.07) is 0.879. The zero-order valence-corrected chi connectivity index (χ0v) is 13.9. The molecule has 0 spiro atoms. The minimum atomic E-state index is 0. The second-order valence-corrected chi connectivity index (χ2v) is 5.91. The third-order valence-corrected chi connectivity index (χ3v) is 4.27. The van der Waals surface area contributed by atoms with Gasteiger partial charge in [0.2, 0.25) is 5.91 Å². The van der Waals surface area contributed by atoms with E-state index in [1.165, 1.54) is 0 Å². The molecule has 0 unspecified atom stereocenters. The Kier molecular flexibility index (Phi) is 9.24. The fourth-order valence-corrected chi connectivity index (χ4v) is 3.15. The molecular weight excluding hydrogens is 290 g/mol. The van der Waals surface area contributed by atoms with Gasteiger partial charge in [-0.3, -0.25) is 9.69 Å². The van der Waals surface area contributed by atoms with Crippen molar-refractivity contribution < 1.29 is 9.53 Å². The van der Waals surface area contributed by atoms with Gasteiger partial charge in [-0.2, -0.15) is 0 Å². The Labute approximate surface area is 134 Å². The number of hydrogen-bond donors (Lipinski definition) is 2. The van der Waals surface area contributed by atoms with Crippen LogP contribution in [0.2, 0.25) is 0 Å². The summed E-state index contributed by atoms with van der Waals surface area (Å²) in [5.74, 6) is 0.184. The maximum atomic E-state index is 12.2. The van der Waals surface area contributed by atoms with Crippen LogP contribution in [0, 0.1) is 0 Å². The molecule has 6 heteroatoms. The molecule has 2 aliphatic rings. The van der Waals surface area contributed by atoms with Gasteiger partial charge >= 0.3 is 0 Å². The third-order valence-electron chi connectivity index (χ3n) is 4.27. The number of ether oxygens (including phenoxy) is 1. The van der Waals surface area contributed by atoms with E-state index in [-0.39, 0.29) is 18.3 Å². The van der Waals surface area contributed by atoms with Crippen molar-refractivity contribution in [2.45, 2.75) is 51.1 Å². The highest BCUT2D eigenvalue weighted by molar-refractivity contribution is 5.85. The lowest BCUT2D eigenvalue weighted by atomic mass is 10.0. The van der Waals surface area contributed by atoms with Gasteiger partial charge in [0.05, 0.1) is 6.54 Å². The summed E-state index contributed by atoms with van der Waals surface area (Å²) in [7, 11) is 0. The summed E-state index contributed by atoms with van der Waals surface area (Å²) in [6.07, 6.45) is 5.32. The summed E-state index contributed by atoms with van der Waals surface area (Å²) in [5.41, 5.74) is 0. The molecule has 2 saturated heterocycles. The van der Waals surface area contributed by atoms with E-state index in [1.54, 1.807) is 0 Å². The molecular formula is C15H30ClN3O2. The van der Waals surface area contributed by atoms with E-state index in [1.807, 2.05) is 0 Å². The largest absolute Gasteiger partial charge is 0.381 e. The molecule has 0 aromatic carbocycles. The highest BCUT2D eigenvalue weighted by Crippen LogP contribution is 2.12. The molecule has 0 radical (unpaired) electrons. The average molecular weight is 320 g/mol. The molecule has 0 aliphatic carbocycles. The smallest absolute Gasteiger partial charge is 0.234 e. The second kappa shape index (κ2) is 10.4. The fraction of sp³-hybridized carbons (Fsp3) is 0.933. The Morgan fingerprint density at radius 3 is 2.52 bits per heavy atom. The Morgan fingerprint density at radius 1 is 1.24 bits per heavy atom. The first-order valence-electron chi connectivity index (χ1n) is 8.11. The molecule has 0 bridgehead atoms. The second-order valence-electron chi connectivity index (χ2n) is 5.91. The lowest BCUT2D eigenvalue weighted by Crippen LogP contribution is -2.49. The van der Waals surface area contributed by atoms with Gasteiger partial charge in [-0.1, -0.05) is 6.92 Å². The molecule has 2 aliphatic heterocycles. The van der Waals surface area contributed by atoms with Gasteiger partial charge in [0, 0.05) is 25.3 Å². The van der Waals surface area contributed by atoms with Crippen molar-refractivity contribution in [3.8, 4) is 0 Å². The summed E-state index contributed by atoms with van der Waals surface area (Å²) in [5, 5.41) is 6.56. The first-order chi connectivity index (χ1) is 9.79. The maximum absolute atomic E-state index is 12.2. The molecule has 0 aromatic rings. The molecule has 21 heavy (non-hydrogen) atoms. The molecule has 124 valence electrons. The molecule has 2 rings (SSSR count). The monoisotopic (exact) mass is 319 g/mol. The van der Waals surface area contributed by atoms with Crippen molar-refractivity contribution in [1.29, 1.82) is 0 Å². The summed E-state index contributed by atoms with van der Waals surface area (Å²) in [6.45, 7) is 7.46. The van der Waals surface area contributed by atoms with Crippen molar-refractivity contribution >= 4 is 18.3 Å². The van der Waals surface area contributed by atoms with E-state index in [4.69, 9.17) is 4.74 Å². The molecule has 1 amide bonds. The predicted molar refractivity (Wildman–Crippen MR) is 87.0 cm³/mol. The number of hydrogen-bond acceptors (Lipinski definition) is 4. The van der Waals surface area contributed by atoms with Gasteiger partial charge < -0.3 is 15.4 Å². The van der Waals surface area contributed by atoms with Crippen molar-refractivity contribution in [2.75, 3.05) is 39.4 Å². The first kappa shape index (κ1) is 18.7. The molecule has 0 saturated carbocycles. The van der Waals surface area contributed by atoms with E-state index in [9.17, 15) is 4.79 Å². The van der Waals surface area contributed by atoms with Crippen molar-refractivity contribution in [3.63, 3.8) is 0 Å². The molecule has 2 heterocycles. The zero-order valence-electron chi connectivity index (χ0n) is 13.1. The number of carbonyl (C=O) groups excluding carboxylic acids is 1. The van der Waals surface area contributed by atoms with Gasteiger partial charge in [0.1, 0.15) is 0 Å². The molecule has 0 atom stereocenters. The molecule has 0 aromatic heterocycles. The van der Waals surface area contributed by atoms with Crippen molar-refractivity contribution in [1.82, 2.24) is 15.5 Å². The lowest BCUT2D eigenvalue weighted by Gasteiger charge is -2.34. The highest BCUT2D eigenvalue weighted by Gasteiger charge is 2.23. The van der Waals surface area contributed by atoms with Crippen LogP contribution < -0.4 is 10.6 Å². The van der Waals surface area contributed by atoms with Crippen LogP contribution in [0.25, 0.3) is 0 Å². The Morgan fingerprint density at radius 2 is 1.90 bits per heavy atom. The molecule has 2 N–H and O–H groups in total. The maximum Gasteiger partial charge on any atom is 0.234 e. The quantitative estimate of drug-likeness (QED) is 0.771. The minimum Gasteiger partial charge on any atom is -0.381 e. The van der Waals surface area contributed by atoms with E-state index >= 15 is 0 Å². The van der Waals surface area contributed by atoms with Crippen LogP contribution in [0.4, 0.5) is 0 Å². The Bertz CT molecular complexity index is 293. The normalized spacial score (nSPS) is 21.0. The Balaban J connectivity index is 0.00000220. The number of rotatable bonds is 6. The Hall–Kier alpha value is -0.360. The van der Waals surface area contributed by atoms with Crippen LogP contribution >= 0.6 is 12.4 Å². The summed E-state index contributed by atoms with van der Waals surface area (Å²) >= 11 is 0. The number of carbonyl (C=O) groups is 1. The third kappa shape index (κ3) is 6.51. The van der Waals surface area contributed by atoms with Gasteiger partial charge in [-0.15, -0.1) is 12.4 Å². The lowest BCUT2D eigenvalue weighted by molar-refractivity contribution is -0.124. The minimum absolute atomic E-state index is 0. The first-order valence-corrected chi connectivity index (χ1v) is 8.11. The van der Waals surface area contributed by atoms with Crippen LogP contribution in [-0.4, -0.2) is 62.3 Å². The number of amides is 1. The van der Waals surface area contributed by atoms with Crippen molar-refractivity contribution in [3.05, 3.63) is 0 Å². The SMILES string of the molecule is CCCN(CC(=O)NC1CCOCC1)C1CCNCC1.Cl. The molecule has 5 nitrogen and oxygen atoms in total. The van der Waals surface area contributed by atoms with E-state index in [2.05, 4.69) is 22.5 Å². The number of nitrogens with one attached hydrogen (secondary N) is 2. The topological polar surface area (TPSA) is 53.6 Å². The van der Waals surface area contributed by atoms with E-state index in [0.717, 1.165) is 65.0 Å². The van der Waals surface area contributed by atoms with Crippen LogP contribution in [-0.2, 0) is 9.53 Å². The van der Waals surface area contributed by atoms with Gasteiger partial charge in [-0.25, -0.2) is 0 Å². The number of nitrogens with zero attached hydrogens (tertiary/aromatic N) is 1. The summed E-state index contributed by atoms with van der Waals surface area (Å²) < 4.78 is 5.33. The van der Waals surface area contributed by atoms with Gasteiger partial charge in [0.15, 0.2) is 0 Å². The van der Waals surface area contributed by atoms with E-state index in [0.29, 0.717) is 18.6 Å². The van der Waals surface area contributed by atoms with Gasteiger partial charge in [-0.05, 0) is 51.7 Å². The van der Waals surface area contributed by atoms with Crippen LogP contribution in [0.1, 0.15) is 39.0 Å². The average Bonchev–Trinajstić information content (AvgIpc) is 2.49. The van der Waals surface area contributed by atoms with Crippen LogP contribution in [0.3, 0.4) is 0 Å². The standard InChI is InChI=1S/C15H29N3O2.ClH/c1-2-9-18(14-3-7-16-8-4-14)12-15(19)17-13-5-10-20-11-6-13;/h13-14,16H,2-12H2,1H3,(H,17,19);1H. The number of piperidine rings is 1. The molecule has 2 fully saturated rings. The summed E-state index contributed by atoms with van der Waals surface area (Å²) in [4.78, 5) is 14.6. The number of halogens is 1. The predicted octanol–water partition coefficient (Wildman–Crippen LogP) is 1.17. The van der Waals surface area contributed by atoms with Crippen LogP contribution in [0.5, 0.6) is 0 Å². The van der Waals surface area contributed by atoms with Crippen molar-refractivity contribution in [2.24, 2.45) is 0 Å². The van der Waals surface area contributed by atoms with E-state index < -0.39 is 0 Å². The van der Waals surface area contributed by atoms with Crippen LogP contribution in [0.15, 0.2) is 0 Å². The highest BCUT2D eigenvalue weighted by atomic mass is 35.5. The van der Waals surface area contributed by atoms with Gasteiger partial charge in [0.25, 0.3) is 0 Å². The zero-order chi connectivity index (χ0) is 14.2. The fourth-order valence-electron chi connectivity index (χ4n) is 3.15.